The fourth-order valence-electron chi connectivity index (χ4n) is 1.73. The van der Waals surface area contributed by atoms with Crippen LogP contribution in [0.15, 0.2) is 16.9 Å². The van der Waals surface area contributed by atoms with Crippen molar-refractivity contribution in [1.82, 2.24) is 25.1 Å². The molecule has 0 unspecified atom stereocenters. The predicted octanol–water partition coefficient (Wildman–Crippen LogP) is -0.502. The fourth-order valence-corrected chi connectivity index (χ4v) is 1.73. The summed E-state index contributed by atoms with van der Waals surface area (Å²) in [5, 5.41) is 16.1. The van der Waals surface area contributed by atoms with Crippen LogP contribution in [0.3, 0.4) is 0 Å². The summed E-state index contributed by atoms with van der Waals surface area (Å²) in [6.45, 7) is 0.476. The Kier molecular flexibility index (Phi) is 2.90. The number of nitrogens with one attached hydrogen (secondary N) is 3. The highest BCUT2D eigenvalue weighted by Crippen LogP contribution is 2.18. The van der Waals surface area contributed by atoms with Crippen LogP contribution in [0.1, 0.15) is 19.3 Å². The molecule has 1 amide bonds. The van der Waals surface area contributed by atoms with Gasteiger partial charge in [-0.15, -0.1) is 5.10 Å². The topological polar surface area (TPSA) is 104 Å². The number of anilines is 1. The summed E-state index contributed by atoms with van der Waals surface area (Å²) >= 11 is 0. The predicted molar refractivity (Wildman–Crippen MR) is 67.9 cm³/mol. The van der Waals surface area contributed by atoms with Gasteiger partial charge in [0.05, 0.1) is 0 Å². The summed E-state index contributed by atoms with van der Waals surface area (Å²) in [5.74, 6) is 0.576. The third-order valence-corrected chi connectivity index (χ3v) is 2.87. The zero-order valence-electron chi connectivity index (χ0n) is 10.2. The van der Waals surface area contributed by atoms with Gasteiger partial charge in [-0.25, -0.2) is 9.89 Å². The lowest BCUT2D eigenvalue weighted by Crippen LogP contribution is -2.27. The first kappa shape index (κ1) is 11.7. The maximum absolute atomic E-state index is 11.5. The van der Waals surface area contributed by atoms with Crippen LogP contribution >= 0.6 is 0 Å². The first-order valence-corrected chi connectivity index (χ1v) is 6.20. The average Bonchev–Trinajstić information content (AvgIpc) is 3.13. The van der Waals surface area contributed by atoms with E-state index in [0.29, 0.717) is 30.5 Å². The van der Waals surface area contributed by atoms with Crippen LogP contribution in [0.2, 0.25) is 0 Å². The summed E-state index contributed by atoms with van der Waals surface area (Å²) in [7, 11) is 0. The summed E-state index contributed by atoms with van der Waals surface area (Å²) in [6.07, 6.45) is 2.55. The lowest BCUT2D eigenvalue weighted by molar-refractivity contribution is -0.120. The van der Waals surface area contributed by atoms with Gasteiger partial charge in [0.25, 0.3) is 0 Å². The van der Waals surface area contributed by atoms with E-state index >= 15 is 0 Å². The molecule has 0 bridgehead atoms. The van der Waals surface area contributed by atoms with Gasteiger partial charge in [-0.2, -0.15) is 9.61 Å². The van der Waals surface area contributed by atoms with Gasteiger partial charge >= 0.3 is 5.69 Å². The minimum atomic E-state index is -0.384. The molecule has 19 heavy (non-hydrogen) atoms. The molecule has 0 aliphatic heterocycles. The van der Waals surface area contributed by atoms with Crippen LogP contribution in [0.25, 0.3) is 5.65 Å². The molecule has 1 aliphatic rings. The average molecular weight is 262 g/mol. The Morgan fingerprint density at radius 2 is 2.32 bits per heavy atom. The van der Waals surface area contributed by atoms with Crippen LogP contribution in [-0.4, -0.2) is 38.3 Å². The zero-order chi connectivity index (χ0) is 13.2. The van der Waals surface area contributed by atoms with Crippen molar-refractivity contribution >= 4 is 17.4 Å². The third-order valence-electron chi connectivity index (χ3n) is 2.87. The van der Waals surface area contributed by atoms with Gasteiger partial charge < -0.3 is 10.6 Å². The van der Waals surface area contributed by atoms with Crippen molar-refractivity contribution in [2.45, 2.75) is 25.3 Å². The maximum atomic E-state index is 11.5. The van der Waals surface area contributed by atoms with E-state index in [-0.39, 0.29) is 11.6 Å². The van der Waals surface area contributed by atoms with E-state index in [1.165, 1.54) is 4.52 Å². The molecule has 100 valence electrons. The van der Waals surface area contributed by atoms with E-state index in [0.717, 1.165) is 12.8 Å². The Labute approximate surface area is 108 Å². The van der Waals surface area contributed by atoms with Crippen molar-refractivity contribution in [3.8, 4) is 0 Å². The molecule has 1 saturated carbocycles. The van der Waals surface area contributed by atoms with Crippen molar-refractivity contribution in [1.29, 1.82) is 0 Å². The number of H-pyrrole nitrogens is 1. The molecule has 0 spiro atoms. The summed E-state index contributed by atoms with van der Waals surface area (Å²) in [6, 6.07) is 3.78. The number of nitrogens with zero attached hydrogens (tertiary/aromatic N) is 3. The Morgan fingerprint density at radius 3 is 3.11 bits per heavy atom. The Hall–Kier alpha value is -2.38. The summed E-state index contributed by atoms with van der Waals surface area (Å²) in [5.41, 5.74) is 0.0761. The smallest absolute Gasteiger partial charge is 0.364 e. The molecule has 0 aromatic carbocycles. The molecule has 1 aliphatic carbocycles. The second-order valence-electron chi connectivity index (χ2n) is 4.54. The van der Waals surface area contributed by atoms with Gasteiger partial charge in [0, 0.05) is 19.0 Å². The minimum absolute atomic E-state index is 0.0385. The number of carbonyl (C=O) groups excluding carboxylic acids is 1. The van der Waals surface area contributed by atoms with Crippen LogP contribution in [0.4, 0.5) is 5.82 Å². The van der Waals surface area contributed by atoms with Gasteiger partial charge in [0.2, 0.25) is 5.91 Å². The van der Waals surface area contributed by atoms with Crippen molar-refractivity contribution < 1.29 is 4.79 Å². The highest BCUT2D eigenvalue weighted by Gasteiger charge is 2.22. The Balaban J connectivity index is 1.57. The molecule has 8 heteroatoms. The number of aromatic nitrogens is 4. The first-order chi connectivity index (χ1) is 9.22. The van der Waals surface area contributed by atoms with E-state index in [4.69, 9.17) is 0 Å². The Morgan fingerprint density at radius 1 is 1.47 bits per heavy atom. The number of hydrogen-bond donors (Lipinski definition) is 3. The van der Waals surface area contributed by atoms with Gasteiger partial charge in [-0.3, -0.25) is 4.79 Å². The zero-order valence-corrected chi connectivity index (χ0v) is 10.2. The molecular weight excluding hydrogens is 248 g/mol. The SMILES string of the molecule is O=C(CCNc1ccc2n[nH]c(=O)n2n1)NC1CC1. The lowest BCUT2D eigenvalue weighted by atomic mass is 10.4. The lowest BCUT2D eigenvalue weighted by Gasteiger charge is -2.05. The van der Waals surface area contributed by atoms with Gasteiger partial charge in [-0.1, -0.05) is 0 Å². The van der Waals surface area contributed by atoms with Gasteiger partial charge in [-0.05, 0) is 25.0 Å². The molecule has 0 atom stereocenters. The molecule has 3 N–H and O–H groups in total. The minimum Gasteiger partial charge on any atom is -0.368 e. The van der Waals surface area contributed by atoms with Crippen molar-refractivity contribution in [2.24, 2.45) is 0 Å². The number of fused-ring (bicyclic) bond motifs is 1. The van der Waals surface area contributed by atoms with E-state index in [1.54, 1.807) is 12.1 Å². The largest absolute Gasteiger partial charge is 0.368 e. The number of amides is 1. The van der Waals surface area contributed by atoms with E-state index in [9.17, 15) is 9.59 Å². The maximum Gasteiger partial charge on any atom is 0.364 e. The number of aromatic amines is 1. The number of rotatable bonds is 5. The van der Waals surface area contributed by atoms with Crippen LogP contribution in [0, 0.1) is 0 Å². The molecular formula is C11H14N6O2. The summed E-state index contributed by atoms with van der Waals surface area (Å²) < 4.78 is 1.17. The van der Waals surface area contributed by atoms with Crippen molar-refractivity contribution in [3.63, 3.8) is 0 Å². The number of hydrogen-bond acceptors (Lipinski definition) is 5. The van der Waals surface area contributed by atoms with E-state index in [2.05, 4.69) is 25.9 Å². The van der Waals surface area contributed by atoms with Crippen LogP contribution < -0.4 is 16.3 Å². The summed E-state index contributed by atoms with van der Waals surface area (Å²) in [4.78, 5) is 22.8. The van der Waals surface area contributed by atoms with Gasteiger partial charge in [0.15, 0.2) is 5.65 Å². The molecule has 3 rings (SSSR count). The monoisotopic (exact) mass is 262 g/mol. The first-order valence-electron chi connectivity index (χ1n) is 6.20. The van der Waals surface area contributed by atoms with Crippen LogP contribution in [0.5, 0.6) is 0 Å². The molecule has 8 nitrogen and oxygen atoms in total. The number of carbonyl (C=O) groups is 1. The van der Waals surface area contributed by atoms with Crippen LogP contribution in [-0.2, 0) is 4.79 Å². The van der Waals surface area contributed by atoms with E-state index < -0.39 is 0 Å². The molecule has 0 saturated heterocycles. The highest BCUT2D eigenvalue weighted by molar-refractivity contribution is 5.77. The molecule has 1 fully saturated rings. The van der Waals surface area contributed by atoms with Gasteiger partial charge in [0.1, 0.15) is 5.82 Å². The molecule has 0 radical (unpaired) electrons. The van der Waals surface area contributed by atoms with E-state index in [1.807, 2.05) is 0 Å². The quantitative estimate of drug-likeness (QED) is 0.673. The fraction of sp³-hybridized carbons (Fsp3) is 0.455. The third kappa shape index (κ3) is 2.72. The van der Waals surface area contributed by atoms with Crippen molar-refractivity contribution in [2.75, 3.05) is 11.9 Å². The molecule has 2 aromatic heterocycles. The molecule has 2 aromatic rings. The second kappa shape index (κ2) is 4.71. The Bertz CT molecular complexity index is 656. The molecule has 2 heterocycles. The second-order valence-corrected chi connectivity index (χ2v) is 4.54. The standard InChI is InChI=1S/C11H14N6O2/c18-10(13-7-1-2-7)5-6-12-8-3-4-9-14-15-11(19)17(9)16-8/h3-4,7H,1-2,5-6H2,(H,12,16)(H,13,18)(H,15,19). The highest BCUT2D eigenvalue weighted by atomic mass is 16.2. The van der Waals surface area contributed by atoms with Crippen molar-refractivity contribution in [3.05, 3.63) is 22.6 Å². The normalized spacial score (nSPS) is 14.5.